The average molecular weight is 177 g/mol. The number of hydrogen-bond donors (Lipinski definition) is 1. The van der Waals surface area contributed by atoms with E-state index < -0.39 is 6.04 Å². The van der Waals surface area contributed by atoms with Crippen molar-refractivity contribution >= 4 is 5.78 Å². The lowest BCUT2D eigenvalue weighted by atomic mass is 10.1. The van der Waals surface area contributed by atoms with Gasteiger partial charge in [-0.1, -0.05) is 5.92 Å². The van der Waals surface area contributed by atoms with Crippen molar-refractivity contribution in [2.24, 2.45) is 12.8 Å². The van der Waals surface area contributed by atoms with E-state index in [-0.39, 0.29) is 12.2 Å². The Hall–Kier alpha value is -1.60. The summed E-state index contributed by atoms with van der Waals surface area (Å²) in [6, 6.07) is -0.648. The van der Waals surface area contributed by atoms with Crippen molar-refractivity contribution in [3.63, 3.8) is 0 Å². The summed E-state index contributed by atoms with van der Waals surface area (Å²) in [6.45, 7) is 0. The third kappa shape index (κ3) is 2.17. The highest BCUT2D eigenvalue weighted by Gasteiger charge is 2.15. The van der Waals surface area contributed by atoms with Crippen LogP contribution in [0.25, 0.3) is 0 Å². The Labute approximate surface area is 76.7 Å². The van der Waals surface area contributed by atoms with Crippen molar-refractivity contribution in [3.8, 4) is 12.3 Å². The molecule has 0 aromatic carbocycles. The summed E-state index contributed by atoms with van der Waals surface area (Å²) < 4.78 is 1.60. The summed E-state index contributed by atoms with van der Waals surface area (Å²) in [5.74, 6) is 2.11. The van der Waals surface area contributed by atoms with Gasteiger partial charge in [0.15, 0.2) is 5.78 Å². The molecule has 0 aliphatic heterocycles. The number of nitrogens with two attached hydrogens (primary N) is 1. The average Bonchev–Trinajstić information content (AvgIpc) is 2.51. The molecule has 1 rings (SSSR count). The van der Waals surface area contributed by atoms with E-state index in [1.54, 1.807) is 24.1 Å². The largest absolute Gasteiger partial charge is 0.318 e. The maximum atomic E-state index is 11.2. The number of Topliss-reactive ketones (excluding diaryl/α,β-unsaturated/α-hetero) is 1. The van der Waals surface area contributed by atoms with E-state index in [9.17, 15) is 4.79 Å². The van der Waals surface area contributed by atoms with Crippen LogP contribution in [0.2, 0.25) is 0 Å². The minimum absolute atomic E-state index is 0.0655. The fourth-order valence-electron chi connectivity index (χ4n) is 0.997. The number of carbonyl (C=O) groups excluding carboxylic acids is 1. The van der Waals surface area contributed by atoms with Gasteiger partial charge in [0.2, 0.25) is 0 Å². The molecule has 0 saturated carbocycles. The molecular formula is C9H11N3O. The number of terminal acetylenes is 1. The van der Waals surface area contributed by atoms with Crippen molar-refractivity contribution in [2.75, 3.05) is 0 Å². The summed E-state index contributed by atoms with van der Waals surface area (Å²) in [7, 11) is 1.77. The van der Waals surface area contributed by atoms with Crippen LogP contribution in [0, 0.1) is 12.3 Å². The quantitative estimate of drug-likeness (QED) is 0.662. The maximum Gasteiger partial charge on any atom is 0.165 e. The number of nitrogens with zero attached hydrogens (tertiary/aromatic N) is 2. The van der Waals surface area contributed by atoms with Gasteiger partial charge in [0.05, 0.1) is 18.7 Å². The summed E-state index contributed by atoms with van der Waals surface area (Å²) >= 11 is 0. The lowest BCUT2D eigenvalue weighted by molar-refractivity contribution is -0.119. The van der Waals surface area contributed by atoms with E-state index in [0.717, 1.165) is 0 Å². The lowest BCUT2D eigenvalue weighted by Crippen LogP contribution is -2.20. The highest BCUT2D eigenvalue weighted by Crippen LogP contribution is 2.10. The minimum atomic E-state index is -0.648. The zero-order chi connectivity index (χ0) is 9.84. The molecule has 0 saturated heterocycles. The molecule has 4 heteroatoms. The highest BCUT2D eigenvalue weighted by atomic mass is 16.1. The summed E-state index contributed by atoms with van der Waals surface area (Å²) in [6.07, 6.45) is 8.34. The summed E-state index contributed by atoms with van der Waals surface area (Å²) in [5, 5.41) is 3.91. The molecule has 0 aliphatic rings. The van der Waals surface area contributed by atoms with Crippen molar-refractivity contribution in [1.29, 1.82) is 0 Å². The molecule has 0 radical (unpaired) electrons. The summed E-state index contributed by atoms with van der Waals surface area (Å²) in [5.41, 5.74) is 6.34. The molecule has 2 N–H and O–H groups in total. The third-order valence-corrected chi connectivity index (χ3v) is 1.71. The second-order valence-electron chi connectivity index (χ2n) is 2.77. The molecule has 4 nitrogen and oxygen atoms in total. The van der Waals surface area contributed by atoms with Gasteiger partial charge in [0.1, 0.15) is 0 Å². The number of ketones is 1. The normalized spacial score (nSPS) is 12.1. The van der Waals surface area contributed by atoms with Crippen LogP contribution in [0.1, 0.15) is 18.0 Å². The zero-order valence-electron chi connectivity index (χ0n) is 7.40. The number of aryl methyl sites for hydroxylation is 1. The highest BCUT2D eigenvalue weighted by molar-refractivity contribution is 5.86. The first-order valence-corrected chi connectivity index (χ1v) is 3.85. The standard InChI is InChI=1S/C9H11N3O/c1-3-4-8(13)9(10)7-5-11-12(2)6-7/h1,5-6,9H,4,10H2,2H3. The Morgan fingerprint density at radius 3 is 3.08 bits per heavy atom. The van der Waals surface area contributed by atoms with E-state index in [2.05, 4.69) is 11.0 Å². The number of hydrogen-bond acceptors (Lipinski definition) is 3. The van der Waals surface area contributed by atoms with Gasteiger partial charge in [-0.3, -0.25) is 9.48 Å². The van der Waals surface area contributed by atoms with Gasteiger partial charge in [0, 0.05) is 18.8 Å². The van der Waals surface area contributed by atoms with E-state index in [0.29, 0.717) is 5.56 Å². The monoisotopic (exact) mass is 177 g/mol. The number of aromatic nitrogens is 2. The van der Waals surface area contributed by atoms with Crippen molar-refractivity contribution < 1.29 is 4.79 Å². The molecular weight excluding hydrogens is 166 g/mol. The molecule has 0 spiro atoms. The van der Waals surface area contributed by atoms with Crippen molar-refractivity contribution in [1.82, 2.24) is 9.78 Å². The van der Waals surface area contributed by atoms with E-state index in [4.69, 9.17) is 12.2 Å². The smallest absolute Gasteiger partial charge is 0.165 e. The van der Waals surface area contributed by atoms with Crippen LogP contribution >= 0.6 is 0 Å². The molecule has 1 aromatic heterocycles. The van der Waals surface area contributed by atoms with Gasteiger partial charge in [0.25, 0.3) is 0 Å². The predicted molar refractivity (Wildman–Crippen MR) is 48.6 cm³/mol. The molecule has 1 unspecified atom stereocenters. The van der Waals surface area contributed by atoms with E-state index in [1.165, 1.54) is 0 Å². The molecule has 1 atom stereocenters. The Balaban J connectivity index is 2.74. The van der Waals surface area contributed by atoms with Crippen LogP contribution in [-0.2, 0) is 11.8 Å². The van der Waals surface area contributed by atoms with Gasteiger partial charge < -0.3 is 5.73 Å². The van der Waals surface area contributed by atoms with Crippen LogP contribution < -0.4 is 5.73 Å². The molecule has 0 fully saturated rings. The van der Waals surface area contributed by atoms with Gasteiger partial charge in [-0.25, -0.2) is 0 Å². The van der Waals surface area contributed by atoms with E-state index >= 15 is 0 Å². The predicted octanol–water partition coefficient (Wildman–Crippen LogP) is 0.0123. The Morgan fingerprint density at radius 1 is 1.92 bits per heavy atom. The zero-order valence-corrected chi connectivity index (χ0v) is 7.40. The van der Waals surface area contributed by atoms with Crippen LogP contribution in [-0.4, -0.2) is 15.6 Å². The van der Waals surface area contributed by atoms with Crippen LogP contribution in [0.15, 0.2) is 12.4 Å². The molecule has 0 aliphatic carbocycles. The second kappa shape index (κ2) is 3.87. The first-order chi connectivity index (χ1) is 6.15. The van der Waals surface area contributed by atoms with Gasteiger partial charge >= 0.3 is 0 Å². The first-order valence-electron chi connectivity index (χ1n) is 3.85. The van der Waals surface area contributed by atoms with Crippen molar-refractivity contribution in [3.05, 3.63) is 18.0 Å². The summed E-state index contributed by atoms with van der Waals surface area (Å²) in [4.78, 5) is 11.2. The van der Waals surface area contributed by atoms with Crippen LogP contribution in [0.5, 0.6) is 0 Å². The second-order valence-corrected chi connectivity index (χ2v) is 2.77. The fraction of sp³-hybridized carbons (Fsp3) is 0.333. The molecule has 1 aromatic rings. The van der Waals surface area contributed by atoms with Gasteiger partial charge in [-0.2, -0.15) is 5.10 Å². The maximum absolute atomic E-state index is 11.2. The fourth-order valence-corrected chi connectivity index (χ4v) is 0.997. The lowest BCUT2D eigenvalue weighted by Gasteiger charge is -2.04. The molecule has 1 heterocycles. The van der Waals surface area contributed by atoms with Crippen molar-refractivity contribution in [2.45, 2.75) is 12.5 Å². The van der Waals surface area contributed by atoms with Crippen LogP contribution in [0.3, 0.4) is 0 Å². The van der Waals surface area contributed by atoms with Crippen LogP contribution in [0.4, 0.5) is 0 Å². The topological polar surface area (TPSA) is 60.9 Å². The molecule has 68 valence electrons. The number of carbonyl (C=O) groups is 1. The SMILES string of the molecule is C#CCC(=O)C(N)c1cnn(C)c1. The Morgan fingerprint density at radius 2 is 2.62 bits per heavy atom. The minimum Gasteiger partial charge on any atom is -0.318 e. The van der Waals surface area contributed by atoms with Gasteiger partial charge in [-0.15, -0.1) is 6.42 Å². The first kappa shape index (κ1) is 9.49. The molecule has 0 amide bonds. The Bertz CT molecular complexity index is 348. The van der Waals surface area contributed by atoms with E-state index in [1.807, 2.05) is 0 Å². The third-order valence-electron chi connectivity index (χ3n) is 1.71. The molecule has 0 bridgehead atoms. The number of rotatable bonds is 3. The molecule has 13 heavy (non-hydrogen) atoms. The van der Waals surface area contributed by atoms with Gasteiger partial charge in [-0.05, 0) is 0 Å². The Kier molecular flexibility index (Phi) is 2.83.